The van der Waals surface area contributed by atoms with Crippen LogP contribution in [-0.2, 0) is 6.61 Å². The van der Waals surface area contributed by atoms with E-state index in [0.717, 1.165) is 5.56 Å². The molecule has 4 rings (SSSR count). The first-order chi connectivity index (χ1) is 17.4. The molecule has 12 nitrogen and oxygen atoms in total. The van der Waals surface area contributed by atoms with Gasteiger partial charge < -0.3 is 15.2 Å². The van der Waals surface area contributed by atoms with Crippen molar-refractivity contribution in [3.8, 4) is 17.3 Å². The number of rotatable bonds is 9. The maximum atomic E-state index is 13.2. The van der Waals surface area contributed by atoms with Gasteiger partial charge in [-0.1, -0.05) is 37.3 Å². The number of nitrogens with zero attached hydrogens (tertiary/aromatic N) is 6. The second-order valence-electron chi connectivity index (χ2n) is 7.86. The molecule has 0 spiro atoms. The molecule has 0 aliphatic heterocycles. The Bertz CT molecular complexity index is 1380. The highest BCUT2D eigenvalue weighted by Gasteiger charge is 2.25. The highest BCUT2D eigenvalue weighted by Crippen LogP contribution is 2.31. The lowest BCUT2D eigenvalue weighted by Crippen LogP contribution is -2.21. The number of hydrogen-bond donors (Lipinski definition) is 2. The van der Waals surface area contributed by atoms with Crippen molar-refractivity contribution in [2.45, 2.75) is 26.4 Å². The Hall–Kier alpha value is -4.81. The summed E-state index contributed by atoms with van der Waals surface area (Å²) in [7, 11) is 1.51. The number of halogens is 1. The van der Waals surface area contributed by atoms with Crippen molar-refractivity contribution in [1.29, 1.82) is 0 Å². The summed E-state index contributed by atoms with van der Waals surface area (Å²) in [5.41, 5.74) is 10.0. The van der Waals surface area contributed by atoms with Gasteiger partial charge in [0.15, 0.2) is 17.2 Å². The fourth-order valence-corrected chi connectivity index (χ4v) is 3.36. The van der Waals surface area contributed by atoms with Crippen LogP contribution in [0, 0.1) is 5.82 Å². The average molecular weight is 494 g/mol. The molecule has 0 saturated carbocycles. The van der Waals surface area contributed by atoms with Gasteiger partial charge in [0.05, 0.1) is 19.0 Å². The maximum Gasteiger partial charge on any atom is 0.293 e. The predicted octanol–water partition coefficient (Wildman–Crippen LogP) is 2.85. The van der Waals surface area contributed by atoms with Crippen molar-refractivity contribution in [3.63, 3.8) is 0 Å². The molecule has 0 radical (unpaired) electrons. The van der Waals surface area contributed by atoms with E-state index in [9.17, 15) is 9.18 Å². The molecule has 0 aliphatic rings. The molecule has 0 saturated heterocycles. The Labute approximate surface area is 204 Å². The number of benzene rings is 2. The van der Waals surface area contributed by atoms with Crippen molar-refractivity contribution in [1.82, 2.24) is 30.7 Å². The van der Waals surface area contributed by atoms with Gasteiger partial charge in [0.25, 0.3) is 5.91 Å². The SMILES string of the molecule is COc1cccc(/C=N/NC(=O)c2nnn(-c3nonc3N)c2C(C)C)c1OCc1ccc(F)cc1. The van der Waals surface area contributed by atoms with Gasteiger partial charge in [-0.05, 0) is 46.1 Å². The number of ether oxygens (including phenoxy) is 2. The Morgan fingerprint density at radius 3 is 2.69 bits per heavy atom. The Morgan fingerprint density at radius 1 is 1.25 bits per heavy atom. The summed E-state index contributed by atoms with van der Waals surface area (Å²) in [4.78, 5) is 12.9. The van der Waals surface area contributed by atoms with Gasteiger partial charge in [0.2, 0.25) is 11.6 Å². The van der Waals surface area contributed by atoms with Crippen molar-refractivity contribution in [2.75, 3.05) is 12.8 Å². The van der Waals surface area contributed by atoms with Crippen LogP contribution >= 0.6 is 0 Å². The summed E-state index contributed by atoms with van der Waals surface area (Å²) >= 11 is 0. The number of aromatic nitrogens is 5. The Balaban J connectivity index is 1.53. The molecule has 0 atom stereocenters. The Kier molecular flexibility index (Phi) is 7.18. The van der Waals surface area contributed by atoms with Gasteiger partial charge in [-0.3, -0.25) is 4.79 Å². The van der Waals surface area contributed by atoms with Gasteiger partial charge in [0.1, 0.15) is 12.4 Å². The first-order valence-corrected chi connectivity index (χ1v) is 10.8. The van der Waals surface area contributed by atoms with Crippen molar-refractivity contribution in [3.05, 3.63) is 70.8 Å². The standard InChI is InChI=1S/C23H23FN8O4/c1-13(2)19-18(27-31-32(19)22-21(25)29-36-30-22)23(33)28-26-11-15-5-4-6-17(34-3)20(15)35-12-14-7-9-16(24)10-8-14/h4-11,13H,12H2,1-3H3,(H2,25,29)(H,28,33)/b26-11+. The Morgan fingerprint density at radius 2 is 2.03 bits per heavy atom. The molecular formula is C23H23FN8O4. The van der Waals surface area contributed by atoms with Crippen LogP contribution in [0.4, 0.5) is 10.2 Å². The average Bonchev–Trinajstić information content (AvgIpc) is 3.50. The molecule has 13 heteroatoms. The molecular weight excluding hydrogens is 471 g/mol. The van der Waals surface area contributed by atoms with E-state index in [-0.39, 0.29) is 35.7 Å². The number of carbonyl (C=O) groups is 1. The second-order valence-corrected chi connectivity index (χ2v) is 7.86. The molecule has 2 aromatic heterocycles. The smallest absolute Gasteiger partial charge is 0.293 e. The minimum absolute atomic E-state index is 0.0120. The molecule has 3 N–H and O–H groups in total. The molecule has 0 bridgehead atoms. The number of nitrogen functional groups attached to an aromatic ring is 1. The topological polar surface area (TPSA) is 156 Å². The highest BCUT2D eigenvalue weighted by atomic mass is 19.1. The quantitative estimate of drug-likeness (QED) is 0.264. The number of amides is 1. The summed E-state index contributed by atoms with van der Waals surface area (Å²) in [5.74, 6) is -0.0626. The monoisotopic (exact) mass is 494 g/mol. The number of para-hydroxylation sites is 1. The van der Waals surface area contributed by atoms with E-state index >= 15 is 0 Å². The molecule has 0 aliphatic carbocycles. The minimum Gasteiger partial charge on any atom is -0.493 e. The molecule has 1 amide bonds. The molecule has 0 fully saturated rings. The van der Waals surface area contributed by atoms with E-state index in [1.165, 1.54) is 30.1 Å². The van der Waals surface area contributed by atoms with Crippen LogP contribution in [0.5, 0.6) is 11.5 Å². The molecule has 2 heterocycles. The second kappa shape index (κ2) is 10.6. The van der Waals surface area contributed by atoms with Gasteiger partial charge in [-0.25, -0.2) is 14.4 Å². The normalized spacial score (nSPS) is 11.2. The largest absolute Gasteiger partial charge is 0.493 e. The third-order valence-electron chi connectivity index (χ3n) is 5.06. The number of anilines is 1. The van der Waals surface area contributed by atoms with Crippen LogP contribution in [-0.4, -0.2) is 44.5 Å². The molecule has 36 heavy (non-hydrogen) atoms. The third kappa shape index (κ3) is 5.14. The third-order valence-corrected chi connectivity index (χ3v) is 5.06. The number of carbonyl (C=O) groups excluding carboxylic acids is 1. The van der Waals surface area contributed by atoms with Crippen LogP contribution in [0.3, 0.4) is 0 Å². The van der Waals surface area contributed by atoms with E-state index < -0.39 is 5.91 Å². The van der Waals surface area contributed by atoms with Crippen LogP contribution in [0.15, 0.2) is 52.2 Å². The first-order valence-electron chi connectivity index (χ1n) is 10.8. The minimum atomic E-state index is -0.590. The van der Waals surface area contributed by atoms with E-state index in [4.69, 9.17) is 15.2 Å². The molecule has 0 unspecified atom stereocenters. The zero-order valence-corrected chi connectivity index (χ0v) is 19.7. The number of nitrogens with one attached hydrogen (secondary N) is 1. The summed E-state index contributed by atoms with van der Waals surface area (Å²) in [6.45, 7) is 3.90. The summed E-state index contributed by atoms with van der Waals surface area (Å²) in [5, 5.41) is 19.2. The van der Waals surface area contributed by atoms with E-state index in [2.05, 4.69) is 35.8 Å². The number of hydrazone groups is 1. The highest BCUT2D eigenvalue weighted by molar-refractivity contribution is 5.94. The van der Waals surface area contributed by atoms with Crippen LogP contribution in [0.2, 0.25) is 0 Å². The van der Waals surface area contributed by atoms with Crippen LogP contribution in [0.25, 0.3) is 5.82 Å². The fourth-order valence-electron chi connectivity index (χ4n) is 3.36. The maximum absolute atomic E-state index is 13.2. The van der Waals surface area contributed by atoms with Gasteiger partial charge >= 0.3 is 0 Å². The lowest BCUT2D eigenvalue weighted by molar-refractivity contribution is 0.0948. The molecule has 186 valence electrons. The lowest BCUT2D eigenvalue weighted by Gasteiger charge is -2.13. The predicted molar refractivity (Wildman–Crippen MR) is 127 cm³/mol. The first kappa shape index (κ1) is 24.3. The summed E-state index contributed by atoms with van der Waals surface area (Å²) in [6.07, 6.45) is 1.42. The van der Waals surface area contributed by atoms with E-state index in [0.29, 0.717) is 22.8 Å². The lowest BCUT2D eigenvalue weighted by atomic mass is 10.1. The fraction of sp³-hybridized carbons (Fsp3) is 0.217. The molecule has 2 aromatic carbocycles. The van der Waals surface area contributed by atoms with Gasteiger partial charge in [0, 0.05) is 5.56 Å². The van der Waals surface area contributed by atoms with Gasteiger partial charge in [-0.2, -0.15) is 9.78 Å². The number of methoxy groups -OCH3 is 1. The van der Waals surface area contributed by atoms with Crippen LogP contribution in [0.1, 0.15) is 47.1 Å². The van der Waals surface area contributed by atoms with Crippen LogP contribution < -0.4 is 20.6 Å². The van der Waals surface area contributed by atoms with Gasteiger partial charge in [-0.15, -0.1) is 5.10 Å². The van der Waals surface area contributed by atoms with Crippen molar-refractivity contribution < 1.29 is 23.3 Å². The van der Waals surface area contributed by atoms with E-state index in [1.807, 2.05) is 13.8 Å². The zero-order chi connectivity index (χ0) is 25.7. The van der Waals surface area contributed by atoms with E-state index in [1.54, 1.807) is 30.3 Å². The zero-order valence-electron chi connectivity index (χ0n) is 19.7. The number of hydrogen-bond acceptors (Lipinski definition) is 10. The van der Waals surface area contributed by atoms with Crippen molar-refractivity contribution >= 4 is 17.9 Å². The summed E-state index contributed by atoms with van der Waals surface area (Å²) < 4.78 is 30.4. The van der Waals surface area contributed by atoms with Crippen molar-refractivity contribution in [2.24, 2.45) is 5.10 Å². The summed E-state index contributed by atoms with van der Waals surface area (Å²) in [6, 6.07) is 11.2. The number of nitrogens with two attached hydrogens (primary N) is 1. The molecule has 4 aromatic rings.